The zero-order valence-electron chi connectivity index (χ0n) is 18.2. The number of ketones is 1. The first-order valence-electron chi connectivity index (χ1n) is 10.4. The zero-order chi connectivity index (χ0) is 24.1. The highest BCUT2D eigenvalue weighted by molar-refractivity contribution is 5.98. The van der Waals surface area contributed by atoms with Crippen molar-refractivity contribution in [2.75, 3.05) is 0 Å². The molecular formula is C26H19F3N4O. The van der Waals surface area contributed by atoms with Crippen molar-refractivity contribution in [3.05, 3.63) is 113 Å². The van der Waals surface area contributed by atoms with Crippen LogP contribution in [0.15, 0.2) is 73.7 Å². The summed E-state index contributed by atoms with van der Waals surface area (Å²) in [6.45, 7) is 1.90. The standard InChI is InChI=1S/C26H19F3N4O/c1-18-2-4-21(14-20(18)6-7-23-15-30-8-9-32-23)25(34)13-19-3-5-22(16-33-11-10-31-17-33)24(12-19)26(27,28)29/h2-5,8-12,14-15,17H,13,16H2,1H3. The first-order chi connectivity index (χ1) is 16.3. The van der Waals surface area contributed by atoms with Crippen LogP contribution in [0.3, 0.4) is 0 Å². The molecule has 0 bridgehead atoms. The summed E-state index contributed by atoms with van der Waals surface area (Å²) in [5.74, 6) is 5.59. The van der Waals surface area contributed by atoms with Gasteiger partial charge in [-0.15, -0.1) is 0 Å². The largest absolute Gasteiger partial charge is 0.416 e. The van der Waals surface area contributed by atoms with E-state index < -0.39 is 11.7 Å². The van der Waals surface area contributed by atoms with E-state index in [1.165, 1.54) is 31.0 Å². The predicted octanol–water partition coefficient (Wildman–Crippen LogP) is 4.87. The molecule has 0 saturated carbocycles. The number of nitrogens with zero attached hydrogens (tertiary/aromatic N) is 4. The summed E-state index contributed by atoms with van der Waals surface area (Å²) in [5.41, 5.74) is 2.03. The van der Waals surface area contributed by atoms with Crippen LogP contribution in [0.4, 0.5) is 13.2 Å². The number of alkyl halides is 3. The van der Waals surface area contributed by atoms with E-state index in [0.717, 1.165) is 11.6 Å². The van der Waals surface area contributed by atoms with Crippen molar-refractivity contribution >= 4 is 5.78 Å². The Morgan fingerprint density at radius 3 is 2.59 bits per heavy atom. The van der Waals surface area contributed by atoms with Gasteiger partial charge in [0.2, 0.25) is 0 Å². The van der Waals surface area contributed by atoms with Crippen molar-refractivity contribution in [3.8, 4) is 11.8 Å². The molecule has 0 unspecified atom stereocenters. The summed E-state index contributed by atoms with van der Waals surface area (Å²) in [4.78, 5) is 24.8. The van der Waals surface area contributed by atoms with Gasteiger partial charge in [-0.2, -0.15) is 13.2 Å². The van der Waals surface area contributed by atoms with Crippen LogP contribution in [0.2, 0.25) is 0 Å². The number of rotatable bonds is 5. The minimum atomic E-state index is -4.54. The average molecular weight is 460 g/mol. The molecule has 5 nitrogen and oxygen atoms in total. The molecule has 2 heterocycles. The van der Waals surface area contributed by atoms with Gasteiger partial charge in [-0.1, -0.05) is 30.2 Å². The van der Waals surface area contributed by atoms with Gasteiger partial charge in [-0.25, -0.2) is 9.97 Å². The number of Topliss-reactive ketones (excluding diaryl/α,β-unsaturated/α-hetero) is 1. The molecule has 0 aliphatic carbocycles. The second-order valence-electron chi connectivity index (χ2n) is 7.69. The van der Waals surface area contributed by atoms with E-state index in [1.807, 2.05) is 6.92 Å². The van der Waals surface area contributed by atoms with Crippen LogP contribution in [0, 0.1) is 18.8 Å². The molecule has 8 heteroatoms. The van der Waals surface area contributed by atoms with Gasteiger partial charge in [0.05, 0.1) is 18.1 Å². The molecule has 0 amide bonds. The first-order valence-corrected chi connectivity index (χ1v) is 10.4. The normalized spacial score (nSPS) is 11.1. The van der Waals surface area contributed by atoms with E-state index in [-0.39, 0.29) is 24.3 Å². The monoisotopic (exact) mass is 460 g/mol. The topological polar surface area (TPSA) is 60.7 Å². The van der Waals surface area contributed by atoms with Gasteiger partial charge in [0, 0.05) is 48.9 Å². The smallest absolute Gasteiger partial charge is 0.333 e. The van der Waals surface area contributed by atoms with E-state index in [9.17, 15) is 18.0 Å². The summed E-state index contributed by atoms with van der Waals surface area (Å²) in [6, 6.07) is 9.10. The maximum atomic E-state index is 13.7. The minimum Gasteiger partial charge on any atom is -0.333 e. The third kappa shape index (κ3) is 5.56. The van der Waals surface area contributed by atoms with Gasteiger partial charge in [0.15, 0.2) is 5.78 Å². The molecule has 0 spiro atoms. The Morgan fingerprint density at radius 1 is 1.03 bits per heavy atom. The number of hydrogen-bond acceptors (Lipinski definition) is 4. The molecular weight excluding hydrogens is 441 g/mol. The number of aryl methyl sites for hydroxylation is 1. The number of carbonyl (C=O) groups is 1. The molecule has 170 valence electrons. The Bertz CT molecular complexity index is 1370. The van der Waals surface area contributed by atoms with Crippen molar-refractivity contribution in [2.45, 2.75) is 26.1 Å². The maximum Gasteiger partial charge on any atom is 0.416 e. The summed E-state index contributed by atoms with van der Waals surface area (Å²) >= 11 is 0. The molecule has 0 N–H and O–H groups in total. The number of halogens is 3. The molecule has 0 aliphatic rings. The molecule has 2 aromatic heterocycles. The van der Waals surface area contributed by atoms with Gasteiger partial charge in [-0.05, 0) is 41.7 Å². The molecule has 34 heavy (non-hydrogen) atoms. The number of carbonyl (C=O) groups excluding carboxylic acids is 1. The van der Waals surface area contributed by atoms with Crippen LogP contribution in [-0.4, -0.2) is 25.3 Å². The van der Waals surface area contributed by atoms with Crippen molar-refractivity contribution in [1.29, 1.82) is 0 Å². The third-order valence-electron chi connectivity index (χ3n) is 5.20. The number of hydrogen-bond donors (Lipinski definition) is 0. The molecule has 4 rings (SSSR count). The first kappa shape index (κ1) is 22.9. The fourth-order valence-electron chi connectivity index (χ4n) is 3.42. The molecule has 4 aromatic rings. The van der Waals surface area contributed by atoms with Crippen LogP contribution in [0.5, 0.6) is 0 Å². The van der Waals surface area contributed by atoms with E-state index in [0.29, 0.717) is 22.4 Å². The van der Waals surface area contributed by atoms with Crippen LogP contribution < -0.4 is 0 Å². The highest BCUT2D eigenvalue weighted by Crippen LogP contribution is 2.33. The van der Waals surface area contributed by atoms with E-state index in [2.05, 4.69) is 26.8 Å². The molecule has 2 aromatic carbocycles. The maximum absolute atomic E-state index is 13.7. The Balaban J connectivity index is 1.57. The van der Waals surface area contributed by atoms with Crippen molar-refractivity contribution in [1.82, 2.24) is 19.5 Å². The lowest BCUT2D eigenvalue weighted by atomic mass is 9.96. The van der Waals surface area contributed by atoms with Gasteiger partial charge in [-0.3, -0.25) is 9.78 Å². The molecule has 0 radical (unpaired) electrons. The Hall–Kier alpha value is -4.25. The molecule has 0 aliphatic heterocycles. The van der Waals surface area contributed by atoms with Crippen molar-refractivity contribution in [3.63, 3.8) is 0 Å². The Morgan fingerprint density at radius 2 is 1.88 bits per heavy atom. The summed E-state index contributed by atoms with van der Waals surface area (Å²) in [5, 5.41) is 0. The fourth-order valence-corrected chi connectivity index (χ4v) is 3.42. The Labute approximate surface area is 194 Å². The average Bonchev–Trinajstić information content (AvgIpc) is 3.32. The lowest BCUT2D eigenvalue weighted by Crippen LogP contribution is -2.13. The summed E-state index contributed by atoms with van der Waals surface area (Å²) in [7, 11) is 0. The van der Waals surface area contributed by atoms with Crippen LogP contribution in [0.25, 0.3) is 0 Å². The lowest BCUT2D eigenvalue weighted by Gasteiger charge is -2.15. The predicted molar refractivity (Wildman–Crippen MR) is 120 cm³/mol. The highest BCUT2D eigenvalue weighted by Gasteiger charge is 2.33. The van der Waals surface area contributed by atoms with Gasteiger partial charge >= 0.3 is 6.18 Å². The molecule has 0 fully saturated rings. The lowest BCUT2D eigenvalue weighted by molar-refractivity contribution is -0.138. The van der Waals surface area contributed by atoms with Crippen LogP contribution >= 0.6 is 0 Å². The third-order valence-corrected chi connectivity index (χ3v) is 5.20. The SMILES string of the molecule is Cc1ccc(C(=O)Cc2ccc(Cn3ccnc3)c(C(F)(F)F)c2)cc1C#Cc1cnccn1. The minimum absolute atomic E-state index is 0.0366. The number of benzene rings is 2. The number of imidazole rings is 1. The highest BCUT2D eigenvalue weighted by atomic mass is 19.4. The molecule has 0 saturated heterocycles. The second-order valence-corrected chi connectivity index (χ2v) is 7.69. The van der Waals surface area contributed by atoms with E-state index >= 15 is 0 Å². The van der Waals surface area contributed by atoms with Crippen LogP contribution in [-0.2, 0) is 19.1 Å². The zero-order valence-corrected chi connectivity index (χ0v) is 18.2. The number of aromatic nitrogens is 4. The fraction of sp³-hybridized carbons (Fsp3) is 0.154. The Kier molecular flexibility index (Phi) is 6.55. The van der Waals surface area contributed by atoms with E-state index in [4.69, 9.17) is 0 Å². The quantitative estimate of drug-likeness (QED) is 0.315. The van der Waals surface area contributed by atoms with Gasteiger partial charge in [0.1, 0.15) is 5.69 Å². The van der Waals surface area contributed by atoms with Crippen molar-refractivity contribution < 1.29 is 18.0 Å². The van der Waals surface area contributed by atoms with E-state index in [1.54, 1.807) is 41.2 Å². The summed E-state index contributed by atoms with van der Waals surface area (Å²) in [6.07, 6.45) is 4.48. The molecule has 0 atom stereocenters. The van der Waals surface area contributed by atoms with Gasteiger partial charge < -0.3 is 4.57 Å². The van der Waals surface area contributed by atoms with Gasteiger partial charge in [0.25, 0.3) is 0 Å². The summed E-state index contributed by atoms with van der Waals surface area (Å²) < 4.78 is 42.7. The second kappa shape index (κ2) is 9.71. The van der Waals surface area contributed by atoms with Crippen molar-refractivity contribution in [2.24, 2.45) is 0 Å². The van der Waals surface area contributed by atoms with Crippen LogP contribution in [0.1, 0.15) is 43.9 Å².